The standard InChI is InChI=1S/C8H16.C5H10.C2H6.CH3.Fe/c1-7(2)8-5-3-4-6-8;1-2-4-5-3-1;1-2;;/h7-8H,3-6H2,1-2H3;1-5H2;1-2H3;1H3;/q;;;-1;. The first-order valence-electron chi connectivity index (χ1n) is 7.30. The fourth-order valence-electron chi connectivity index (χ4n) is 2.51. The van der Waals surface area contributed by atoms with E-state index in [1.807, 2.05) is 13.8 Å². The summed E-state index contributed by atoms with van der Waals surface area (Å²) in [7, 11) is 0. The molecule has 0 aromatic rings. The summed E-state index contributed by atoms with van der Waals surface area (Å²) in [6, 6.07) is 0. The predicted molar refractivity (Wildman–Crippen MR) is 77.6 cm³/mol. The van der Waals surface area contributed by atoms with Crippen molar-refractivity contribution >= 4 is 0 Å². The maximum absolute atomic E-state index is 2.34. The van der Waals surface area contributed by atoms with Crippen LogP contribution in [0.15, 0.2) is 0 Å². The number of hydrogen-bond donors (Lipinski definition) is 0. The largest absolute Gasteiger partial charge is 0.358 e. The van der Waals surface area contributed by atoms with Crippen molar-refractivity contribution in [2.45, 2.75) is 85.5 Å². The first-order valence-corrected chi connectivity index (χ1v) is 7.30. The Labute approximate surface area is 122 Å². The monoisotopic (exact) mass is 283 g/mol. The van der Waals surface area contributed by atoms with Gasteiger partial charge in [-0.25, -0.2) is 0 Å². The molecule has 2 aliphatic rings. The Kier molecular flexibility index (Phi) is 22.0. The van der Waals surface area contributed by atoms with Crippen LogP contribution < -0.4 is 0 Å². The van der Waals surface area contributed by atoms with E-state index in [-0.39, 0.29) is 24.5 Å². The molecule has 0 spiro atoms. The molecule has 0 amide bonds. The van der Waals surface area contributed by atoms with Crippen LogP contribution in [-0.4, -0.2) is 0 Å². The van der Waals surface area contributed by atoms with Gasteiger partial charge in [0.15, 0.2) is 0 Å². The van der Waals surface area contributed by atoms with Crippen LogP contribution in [0.4, 0.5) is 0 Å². The summed E-state index contributed by atoms with van der Waals surface area (Å²) >= 11 is 0. The van der Waals surface area contributed by atoms with Crippen molar-refractivity contribution in [3.63, 3.8) is 0 Å². The van der Waals surface area contributed by atoms with E-state index in [2.05, 4.69) is 13.8 Å². The summed E-state index contributed by atoms with van der Waals surface area (Å²) in [5.41, 5.74) is 0. The molecular weight excluding hydrogens is 248 g/mol. The molecule has 0 atom stereocenters. The number of rotatable bonds is 1. The molecule has 0 unspecified atom stereocenters. The fraction of sp³-hybridized carbons (Fsp3) is 0.938. The molecule has 0 heterocycles. The van der Waals surface area contributed by atoms with Crippen molar-refractivity contribution in [2.75, 3.05) is 0 Å². The molecule has 0 aromatic carbocycles. The van der Waals surface area contributed by atoms with Crippen LogP contribution in [0.2, 0.25) is 0 Å². The van der Waals surface area contributed by atoms with E-state index in [0.717, 1.165) is 11.8 Å². The quantitative estimate of drug-likeness (QED) is 0.393. The van der Waals surface area contributed by atoms with Crippen LogP contribution >= 0.6 is 0 Å². The van der Waals surface area contributed by atoms with Crippen LogP contribution in [0, 0.1) is 19.3 Å². The smallest absolute Gasteiger partial charge is 0 e. The number of hydrogen-bond acceptors (Lipinski definition) is 0. The van der Waals surface area contributed by atoms with Gasteiger partial charge in [0, 0.05) is 17.1 Å². The molecule has 0 saturated heterocycles. The van der Waals surface area contributed by atoms with Crippen molar-refractivity contribution in [3.8, 4) is 0 Å². The van der Waals surface area contributed by atoms with Gasteiger partial charge in [0.2, 0.25) is 0 Å². The maximum Gasteiger partial charge on any atom is 0 e. The Morgan fingerprint density at radius 3 is 1.18 bits per heavy atom. The summed E-state index contributed by atoms with van der Waals surface area (Å²) < 4.78 is 0. The van der Waals surface area contributed by atoms with Gasteiger partial charge in [-0.15, -0.1) is 0 Å². The molecule has 2 fully saturated rings. The molecule has 0 N–H and O–H groups in total. The maximum atomic E-state index is 2.34. The molecule has 17 heavy (non-hydrogen) atoms. The Hall–Kier alpha value is 0.519. The summed E-state index contributed by atoms with van der Waals surface area (Å²) in [5, 5.41) is 0. The SMILES string of the molecule is C1CCCC1.CC.CC(C)C1CCCC1.[CH3-].[Fe]. The molecular formula is C16H35Fe-. The van der Waals surface area contributed by atoms with E-state index in [0.29, 0.717) is 0 Å². The van der Waals surface area contributed by atoms with E-state index in [1.165, 1.54) is 57.8 Å². The van der Waals surface area contributed by atoms with Crippen molar-refractivity contribution in [2.24, 2.45) is 11.8 Å². The summed E-state index contributed by atoms with van der Waals surface area (Å²) in [6.07, 6.45) is 13.5. The van der Waals surface area contributed by atoms with Gasteiger partial charge in [-0.05, 0) is 11.8 Å². The topological polar surface area (TPSA) is 0 Å². The zero-order valence-electron chi connectivity index (χ0n) is 12.9. The Balaban J connectivity index is -0.000000192. The molecule has 1 heteroatoms. The van der Waals surface area contributed by atoms with Crippen molar-refractivity contribution in [3.05, 3.63) is 7.43 Å². The summed E-state index contributed by atoms with van der Waals surface area (Å²) in [4.78, 5) is 0. The first kappa shape index (κ1) is 22.7. The van der Waals surface area contributed by atoms with Gasteiger partial charge >= 0.3 is 0 Å². The minimum atomic E-state index is 0. The molecule has 2 aliphatic carbocycles. The predicted octanol–water partition coefficient (Wildman–Crippen LogP) is 6.26. The molecule has 0 aliphatic heterocycles. The molecule has 0 nitrogen and oxygen atoms in total. The van der Waals surface area contributed by atoms with Gasteiger partial charge in [-0.3, -0.25) is 0 Å². The molecule has 0 aromatic heterocycles. The molecule has 2 rings (SSSR count). The van der Waals surface area contributed by atoms with Gasteiger partial charge in [0.25, 0.3) is 0 Å². The van der Waals surface area contributed by atoms with E-state index >= 15 is 0 Å². The molecule has 0 radical (unpaired) electrons. The van der Waals surface area contributed by atoms with Gasteiger partial charge < -0.3 is 7.43 Å². The zero-order valence-corrected chi connectivity index (χ0v) is 14.0. The Bertz CT molecular complexity index is 103. The molecule has 108 valence electrons. The second-order valence-electron chi connectivity index (χ2n) is 5.06. The summed E-state index contributed by atoms with van der Waals surface area (Å²) in [5.74, 6) is 2.01. The second-order valence-corrected chi connectivity index (χ2v) is 5.06. The van der Waals surface area contributed by atoms with Crippen LogP contribution in [0.1, 0.15) is 85.5 Å². The Morgan fingerprint density at radius 2 is 1.00 bits per heavy atom. The van der Waals surface area contributed by atoms with Crippen molar-refractivity contribution in [1.82, 2.24) is 0 Å². The van der Waals surface area contributed by atoms with E-state index < -0.39 is 0 Å². The third kappa shape index (κ3) is 12.8. The van der Waals surface area contributed by atoms with E-state index in [4.69, 9.17) is 0 Å². The van der Waals surface area contributed by atoms with Crippen LogP contribution in [0.25, 0.3) is 0 Å². The van der Waals surface area contributed by atoms with Gasteiger partial charge in [-0.2, -0.15) is 0 Å². The third-order valence-corrected chi connectivity index (χ3v) is 3.59. The molecule has 2 saturated carbocycles. The zero-order chi connectivity index (χ0) is 11.5. The molecule has 0 bridgehead atoms. The van der Waals surface area contributed by atoms with E-state index in [9.17, 15) is 0 Å². The minimum absolute atomic E-state index is 0. The van der Waals surface area contributed by atoms with E-state index in [1.54, 1.807) is 0 Å². The van der Waals surface area contributed by atoms with Crippen molar-refractivity contribution < 1.29 is 17.1 Å². The third-order valence-electron chi connectivity index (χ3n) is 3.59. The van der Waals surface area contributed by atoms with Crippen LogP contribution in [0.3, 0.4) is 0 Å². The summed E-state index contributed by atoms with van der Waals surface area (Å²) in [6.45, 7) is 8.69. The van der Waals surface area contributed by atoms with Gasteiger partial charge in [0.05, 0.1) is 0 Å². The van der Waals surface area contributed by atoms with Gasteiger partial charge in [-0.1, -0.05) is 85.5 Å². The first-order chi connectivity index (χ1) is 7.30. The fourth-order valence-corrected chi connectivity index (χ4v) is 2.51. The minimum Gasteiger partial charge on any atom is -0.358 e. The average Bonchev–Trinajstić information content (AvgIpc) is 2.97. The van der Waals surface area contributed by atoms with Crippen molar-refractivity contribution in [1.29, 1.82) is 0 Å². The second kappa shape index (κ2) is 16.5. The van der Waals surface area contributed by atoms with Crippen LogP contribution in [-0.2, 0) is 17.1 Å². The van der Waals surface area contributed by atoms with Gasteiger partial charge in [0.1, 0.15) is 0 Å². The average molecular weight is 283 g/mol. The normalized spacial score (nSPS) is 18.2. The van der Waals surface area contributed by atoms with Crippen LogP contribution in [0.5, 0.6) is 0 Å². The Morgan fingerprint density at radius 1 is 0.706 bits per heavy atom.